The monoisotopic (exact) mass is 435 g/mol. The van der Waals surface area contributed by atoms with Crippen molar-refractivity contribution < 1.29 is 18.7 Å². The van der Waals surface area contributed by atoms with Gasteiger partial charge in [0.1, 0.15) is 11.4 Å². The van der Waals surface area contributed by atoms with Crippen LogP contribution in [-0.2, 0) is 4.74 Å². The third-order valence-corrected chi connectivity index (χ3v) is 5.22. The molecule has 8 heteroatoms. The van der Waals surface area contributed by atoms with Gasteiger partial charge in [0.25, 0.3) is 17.4 Å². The number of pyridine rings is 1. The van der Waals surface area contributed by atoms with E-state index in [0.29, 0.717) is 30.1 Å². The summed E-state index contributed by atoms with van der Waals surface area (Å²) in [5.41, 5.74) is 0.984. The molecule has 0 spiro atoms. The standard InChI is InChI=1S/C24H22FN3O4/c25-17-7-5-16(6-8-17)22(29)27-18-9-11-19(12-10-18)28-13-1-4-21(24(28)31)23(30)26-15-20-3-2-14-32-20/h1,4-13,20H,2-3,14-15H2,(H,26,30)(H,27,29)/t20-/m0/s1. The molecule has 1 saturated heterocycles. The van der Waals surface area contributed by atoms with Gasteiger partial charge in [-0.1, -0.05) is 0 Å². The van der Waals surface area contributed by atoms with E-state index >= 15 is 0 Å². The smallest absolute Gasteiger partial charge is 0.267 e. The van der Waals surface area contributed by atoms with Crippen LogP contribution in [0, 0.1) is 5.82 Å². The molecule has 1 aromatic heterocycles. The summed E-state index contributed by atoms with van der Waals surface area (Å²) in [6.07, 6.45) is 3.43. The molecule has 2 amide bonds. The van der Waals surface area contributed by atoms with Gasteiger partial charge in [-0.2, -0.15) is 0 Å². The summed E-state index contributed by atoms with van der Waals surface area (Å²) >= 11 is 0. The van der Waals surface area contributed by atoms with Crippen molar-refractivity contribution in [3.63, 3.8) is 0 Å². The molecule has 3 aromatic rings. The van der Waals surface area contributed by atoms with E-state index in [1.165, 1.54) is 34.9 Å². The van der Waals surface area contributed by atoms with Crippen molar-refractivity contribution in [2.75, 3.05) is 18.5 Å². The van der Waals surface area contributed by atoms with Gasteiger partial charge in [0.2, 0.25) is 0 Å². The van der Waals surface area contributed by atoms with Crippen LogP contribution in [0.5, 0.6) is 0 Å². The van der Waals surface area contributed by atoms with Crippen LogP contribution in [0.2, 0.25) is 0 Å². The average Bonchev–Trinajstić information content (AvgIpc) is 3.32. The first-order chi connectivity index (χ1) is 15.5. The van der Waals surface area contributed by atoms with Gasteiger partial charge in [-0.25, -0.2) is 4.39 Å². The van der Waals surface area contributed by atoms with Crippen molar-refractivity contribution in [3.05, 3.63) is 94.2 Å². The van der Waals surface area contributed by atoms with E-state index in [2.05, 4.69) is 10.6 Å². The van der Waals surface area contributed by atoms with Crippen molar-refractivity contribution in [1.82, 2.24) is 9.88 Å². The summed E-state index contributed by atoms with van der Waals surface area (Å²) in [5.74, 6) is -1.23. The molecule has 0 aliphatic carbocycles. The predicted octanol–water partition coefficient (Wildman–Crippen LogP) is 3.14. The van der Waals surface area contributed by atoms with Crippen molar-refractivity contribution in [1.29, 1.82) is 0 Å². The van der Waals surface area contributed by atoms with Gasteiger partial charge >= 0.3 is 0 Å². The van der Waals surface area contributed by atoms with Gasteiger partial charge in [-0.15, -0.1) is 0 Å². The van der Waals surface area contributed by atoms with Crippen LogP contribution in [0.1, 0.15) is 33.6 Å². The molecule has 1 aliphatic rings. The number of nitrogens with one attached hydrogen (secondary N) is 2. The molecule has 0 radical (unpaired) electrons. The van der Waals surface area contributed by atoms with E-state index in [1.54, 1.807) is 36.5 Å². The van der Waals surface area contributed by atoms with Gasteiger partial charge in [0.15, 0.2) is 0 Å². The molecule has 7 nitrogen and oxygen atoms in total. The summed E-state index contributed by atoms with van der Waals surface area (Å²) in [4.78, 5) is 37.6. The third-order valence-electron chi connectivity index (χ3n) is 5.22. The number of hydrogen-bond donors (Lipinski definition) is 2. The largest absolute Gasteiger partial charge is 0.376 e. The Labute approximate surface area is 183 Å². The molecule has 1 aliphatic heterocycles. The predicted molar refractivity (Wildman–Crippen MR) is 118 cm³/mol. The summed E-state index contributed by atoms with van der Waals surface area (Å²) in [6, 6.07) is 15.0. The van der Waals surface area contributed by atoms with E-state index in [-0.39, 0.29) is 17.6 Å². The Morgan fingerprint density at radius 1 is 1.03 bits per heavy atom. The summed E-state index contributed by atoms with van der Waals surface area (Å²) in [7, 11) is 0. The van der Waals surface area contributed by atoms with E-state index in [9.17, 15) is 18.8 Å². The second-order valence-electron chi connectivity index (χ2n) is 7.45. The van der Waals surface area contributed by atoms with E-state index in [1.807, 2.05) is 0 Å². The second-order valence-corrected chi connectivity index (χ2v) is 7.45. The number of halogens is 1. The molecule has 1 atom stereocenters. The molecule has 164 valence electrons. The topological polar surface area (TPSA) is 89.4 Å². The maximum Gasteiger partial charge on any atom is 0.267 e. The SMILES string of the molecule is O=C(Nc1ccc(-n2cccc(C(=O)NC[C@@H]3CCCO3)c2=O)cc1)c1ccc(F)cc1. The van der Waals surface area contributed by atoms with E-state index in [0.717, 1.165) is 12.8 Å². The Bertz CT molecular complexity index is 1170. The Balaban J connectivity index is 1.46. The molecule has 32 heavy (non-hydrogen) atoms. The van der Waals surface area contributed by atoms with Crippen molar-refractivity contribution in [2.24, 2.45) is 0 Å². The molecule has 0 unspecified atom stereocenters. The summed E-state index contributed by atoms with van der Waals surface area (Å²) < 4.78 is 19.9. The van der Waals surface area contributed by atoms with Crippen LogP contribution >= 0.6 is 0 Å². The number of aromatic nitrogens is 1. The molecule has 2 aromatic carbocycles. The maximum absolute atomic E-state index is 13.0. The highest BCUT2D eigenvalue weighted by molar-refractivity contribution is 6.04. The summed E-state index contributed by atoms with van der Waals surface area (Å²) in [5, 5.41) is 5.48. The Morgan fingerprint density at radius 3 is 2.47 bits per heavy atom. The number of hydrogen-bond acceptors (Lipinski definition) is 4. The van der Waals surface area contributed by atoms with Crippen LogP contribution in [-0.4, -0.2) is 35.6 Å². The van der Waals surface area contributed by atoms with Gasteiger partial charge in [-0.3, -0.25) is 19.0 Å². The highest BCUT2D eigenvalue weighted by Gasteiger charge is 2.18. The van der Waals surface area contributed by atoms with Gasteiger partial charge in [0, 0.05) is 36.3 Å². The van der Waals surface area contributed by atoms with Crippen LogP contribution in [0.25, 0.3) is 5.69 Å². The number of anilines is 1. The van der Waals surface area contributed by atoms with Crippen LogP contribution in [0.3, 0.4) is 0 Å². The van der Waals surface area contributed by atoms with Gasteiger partial charge in [0.05, 0.1) is 6.10 Å². The highest BCUT2D eigenvalue weighted by atomic mass is 19.1. The number of ether oxygens (including phenoxy) is 1. The van der Waals surface area contributed by atoms with Gasteiger partial charge in [-0.05, 0) is 73.5 Å². The van der Waals surface area contributed by atoms with Crippen molar-refractivity contribution in [3.8, 4) is 5.69 Å². The molecule has 2 N–H and O–H groups in total. The number of carbonyl (C=O) groups excluding carboxylic acids is 2. The minimum Gasteiger partial charge on any atom is -0.376 e. The zero-order chi connectivity index (χ0) is 22.5. The fourth-order valence-electron chi connectivity index (χ4n) is 3.49. The van der Waals surface area contributed by atoms with Crippen LogP contribution < -0.4 is 16.2 Å². The lowest BCUT2D eigenvalue weighted by Gasteiger charge is -2.12. The van der Waals surface area contributed by atoms with Crippen molar-refractivity contribution in [2.45, 2.75) is 18.9 Å². The van der Waals surface area contributed by atoms with Crippen molar-refractivity contribution >= 4 is 17.5 Å². The lowest BCUT2D eigenvalue weighted by Crippen LogP contribution is -2.36. The molecule has 1 fully saturated rings. The van der Waals surface area contributed by atoms with Gasteiger partial charge < -0.3 is 15.4 Å². The number of carbonyl (C=O) groups is 2. The fourth-order valence-corrected chi connectivity index (χ4v) is 3.49. The quantitative estimate of drug-likeness (QED) is 0.623. The maximum atomic E-state index is 13.0. The van der Waals surface area contributed by atoms with Crippen LogP contribution in [0.4, 0.5) is 10.1 Å². The lowest BCUT2D eigenvalue weighted by atomic mass is 10.2. The Morgan fingerprint density at radius 2 is 1.78 bits per heavy atom. The zero-order valence-electron chi connectivity index (χ0n) is 17.2. The second kappa shape index (κ2) is 9.57. The Kier molecular flexibility index (Phi) is 6.42. The first kappa shape index (κ1) is 21.5. The average molecular weight is 435 g/mol. The number of benzene rings is 2. The third kappa shape index (κ3) is 4.92. The minimum atomic E-state index is -0.444. The molecular weight excluding hydrogens is 413 g/mol. The molecule has 2 heterocycles. The number of rotatable bonds is 6. The minimum absolute atomic E-state index is 0.0115. The number of amides is 2. The normalized spacial score (nSPS) is 15.3. The first-order valence-corrected chi connectivity index (χ1v) is 10.3. The number of nitrogens with zero attached hydrogens (tertiary/aromatic N) is 1. The van der Waals surface area contributed by atoms with Crippen LogP contribution in [0.15, 0.2) is 71.7 Å². The Hall–Kier alpha value is -3.78. The van der Waals surface area contributed by atoms with E-state index < -0.39 is 17.3 Å². The summed E-state index contributed by atoms with van der Waals surface area (Å²) in [6.45, 7) is 1.06. The fraction of sp³-hybridized carbons (Fsp3) is 0.208. The highest BCUT2D eigenvalue weighted by Crippen LogP contribution is 2.14. The first-order valence-electron chi connectivity index (χ1n) is 10.3. The molecule has 0 saturated carbocycles. The molecular formula is C24H22FN3O4. The van der Waals surface area contributed by atoms with E-state index in [4.69, 9.17) is 4.74 Å². The zero-order valence-corrected chi connectivity index (χ0v) is 17.2. The molecule has 4 rings (SSSR count). The molecule has 0 bridgehead atoms. The lowest BCUT2D eigenvalue weighted by molar-refractivity contribution is 0.0856.